The van der Waals surface area contributed by atoms with Gasteiger partial charge >= 0.3 is 0 Å². The summed E-state index contributed by atoms with van der Waals surface area (Å²) in [6.45, 7) is 2.24. The van der Waals surface area contributed by atoms with Gasteiger partial charge in [-0.3, -0.25) is 5.10 Å². The van der Waals surface area contributed by atoms with Crippen molar-refractivity contribution in [2.75, 3.05) is 6.61 Å². The topological polar surface area (TPSA) is 48.9 Å². The molecule has 0 aliphatic heterocycles. The molecule has 1 aromatic rings. The molecule has 0 aliphatic carbocycles. The van der Waals surface area contributed by atoms with Crippen molar-refractivity contribution in [3.8, 4) is 0 Å². The zero-order chi connectivity index (χ0) is 7.40. The average molecular weight is 140 g/mol. The lowest BCUT2D eigenvalue weighted by Crippen LogP contribution is -2.04. The summed E-state index contributed by atoms with van der Waals surface area (Å²) in [5.74, 6) is 0.320. The predicted molar refractivity (Wildman–Crippen MR) is 38.5 cm³/mol. The Morgan fingerprint density at radius 3 is 3.10 bits per heavy atom. The van der Waals surface area contributed by atoms with E-state index in [2.05, 4.69) is 10.2 Å². The highest BCUT2D eigenvalue weighted by atomic mass is 16.3. The number of nitrogens with one attached hydrogen (secondary N) is 1. The molecular formula is C7H12N2O. The molecular weight excluding hydrogens is 128 g/mol. The van der Waals surface area contributed by atoms with Gasteiger partial charge in [-0.15, -0.1) is 0 Å². The molecule has 0 spiro atoms. The van der Waals surface area contributed by atoms with Crippen LogP contribution in [-0.4, -0.2) is 21.9 Å². The lowest BCUT2D eigenvalue weighted by atomic mass is 10.1. The first kappa shape index (κ1) is 7.28. The van der Waals surface area contributed by atoms with E-state index in [0.29, 0.717) is 5.92 Å². The van der Waals surface area contributed by atoms with Crippen LogP contribution >= 0.6 is 0 Å². The van der Waals surface area contributed by atoms with E-state index in [0.717, 1.165) is 12.1 Å². The molecule has 0 amide bonds. The molecule has 0 fully saturated rings. The summed E-state index contributed by atoms with van der Waals surface area (Å²) in [5.41, 5.74) is 1.08. The van der Waals surface area contributed by atoms with E-state index in [9.17, 15) is 0 Å². The molecule has 10 heavy (non-hydrogen) atoms. The Morgan fingerprint density at radius 1 is 1.80 bits per heavy atom. The van der Waals surface area contributed by atoms with Crippen LogP contribution in [0.25, 0.3) is 0 Å². The number of aromatic amines is 1. The molecule has 3 nitrogen and oxygen atoms in total. The largest absolute Gasteiger partial charge is 0.396 e. The number of nitrogens with zero attached hydrogens (tertiary/aromatic N) is 1. The maximum absolute atomic E-state index is 8.70. The van der Waals surface area contributed by atoms with E-state index in [1.807, 2.05) is 13.0 Å². The van der Waals surface area contributed by atoms with Gasteiger partial charge < -0.3 is 5.11 Å². The van der Waals surface area contributed by atoms with E-state index in [-0.39, 0.29) is 6.61 Å². The summed E-state index contributed by atoms with van der Waals surface area (Å²) in [6.07, 6.45) is 2.59. The SMILES string of the molecule is C[C@H](CO)Cc1ccn[nH]1. The second-order valence-corrected chi connectivity index (χ2v) is 2.57. The molecule has 1 atom stereocenters. The van der Waals surface area contributed by atoms with Crippen molar-refractivity contribution >= 4 is 0 Å². The molecule has 0 bridgehead atoms. The lowest BCUT2D eigenvalue weighted by molar-refractivity contribution is 0.236. The molecule has 0 saturated heterocycles. The van der Waals surface area contributed by atoms with Crippen LogP contribution in [0, 0.1) is 5.92 Å². The first-order valence-electron chi connectivity index (χ1n) is 3.42. The van der Waals surface area contributed by atoms with Crippen LogP contribution in [0.3, 0.4) is 0 Å². The summed E-state index contributed by atoms with van der Waals surface area (Å²) < 4.78 is 0. The number of hydrogen-bond donors (Lipinski definition) is 2. The van der Waals surface area contributed by atoms with E-state index in [4.69, 9.17) is 5.11 Å². The van der Waals surface area contributed by atoms with Gasteiger partial charge in [-0.25, -0.2) is 0 Å². The van der Waals surface area contributed by atoms with Crippen LogP contribution in [0.15, 0.2) is 12.3 Å². The summed E-state index contributed by atoms with van der Waals surface area (Å²) >= 11 is 0. The molecule has 0 saturated carbocycles. The Hall–Kier alpha value is -0.830. The highest BCUT2D eigenvalue weighted by Crippen LogP contribution is 2.02. The molecule has 3 heteroatoms. The van der Waals surface area contributed by atoms with E-state index < -0.39 is 0 Å². The van der Waals surface area contributed by atoms with Gasteiger partial charge in [0.15, 0.2) is 0 Å². The number of H-pyrrole nitrogens is 1. The van der Waals surface area contributed by atoms with E-state index in [1.165, 1.54) is 0 Å². The van der Waals surface area contributed by atoms with Gasteiger partial charge in [-0.2, -0.15) is 5.10 Å². The van der Waals surface area contributed by atoms with Crippen molar-refractivity contribution in [3.63, 3.8) is 0 Å². The van der Waals surface area contributed by atoms with Gasteiger partial charge in [0, 0.05) is 18.5 Å². The van der Waals surface area contributed by atoms with Crippen LogP contribution < -0.4 is 0 Å². The first-order valence-corrected chi connectivity index (χ1v) is 3.42. The Labute approximate surface area is 60.1 Å². The summed E-state index contributed by atoms with van der Waals surface area (Å²) in [5, 5.41) is 15.3. The zero-order valence-corrected chi connectivity index (χ0v) is 6.04. The average Bonchev–Trinajstić information content (AvgIpc) is 2.40. The van der Waals surface area contributed by atoms with Crippen LogP contribution in [0.4, 0.5) is 0 Å². The maximum atomic E-state index is 8.70. The fourth-order valence-corrected chi connectivity index (χ4v) is 0.838. The molecule has 0 radical (unpaired) electrons. The highest BCUT2D eigenvalue weighted by molar-refractivity contribution is 4.98. The number of aliphatic hydroxyl groups excluding tert-OH is 1. The summed E-state index contributed by atoms with van der Waals surface area (Å²) in [4.78, 5) is 0. The molecule has 0 aliphatic rings. The molecule has 56 valence electrons. The number of aromatic nitrogens is 2. The quantitative estimate of drug-likeness (QED) is 0.645. The standard InChI is InChI=1S/C7H12N2O/c1-6(5-10)4-7-2-3-8-9-7/h2-3,6,10H,4-5H2,1H3,(H,8,9)/t6-/m0/s1. The highest BCUT2D eigenvalue weighted by Gasteiger charge is 2.01. The van der Waals surface area contributed by atoms with Gasteiger partial charge in [0.05, 0.1) is 0 Å². The third-order valence-corrected chi connectivity index (χ3v) is 1.44. The minimum atomic E-state index is 0.235. The maximum Gasteiger partial charge on any atom is 0.0490 e. The third kappa shape index (κ3) is 1.84. The Balaban J connectivity index is 2.40. The van der Waals surface area contributed by atoms with Gasteiger partial charge in [0.25, 0.3) is 0 Å². The van der Waals surface area contributed by atoms with E-state index >= 15 is 0 Å². The second-order valence-electron chi connectivity index (χ2n) is 2.57. The second kappa shape index (κ2) is 3.37. The molecule has 1 rings (SSSR count). The monoisotopic (exact) mass is 140 g/mol. The van der Waals surface area contributed by atoms with Gasteiger partial charge in [0.1, 0.15) is 0 Å². The Bertz CT molecular complexity index is 172. The number of hydrogen-bond acceptors (Lipinski definition) is 2. The number of aliphatic hydroxyl groups is 1. The van der Waals surface area contributed by atoms with Crippen molar-refractivity contribution in [2.45, 2.75) is 13.3 Å². The van der Waals surface area contributed by atoms with E-state index in [1.54, 1.807) is 6.20 Å². The first-order chi connectivity index (χ1) is 4.83. The summed E-state index contributed by atoms with van der Waals surface area (Å²) in [7, 11) is 0. The zero-order valence-electron chi connectivity index (χ0n) is 6.04. The third-order valence-electron chi connectivity index (χ3n) is 1.44. The minimum Gasteiger partial charge on any atom is -0.396 e. The van der Waals surface area contributed by atoms with Gasteiger partial charge in [-0.1, -0.05) is 6.92 Å². The van der Waals surface area contributed by atoms with Crippen molar-refractivity contribution in [1.29, 1.82) is 0 Å². The Kier molecular flexibility index (Phi) is 2.45. The Morgan fingerprint density at radius 2 is 2.60 bits per heavy atom. The molecule has 1 aromatic heterocycles. The van der Waals surface area contributed by atoms with Crippen molar-refractivity contribution in [3.05, 3.63) is 18.0 Å². The van der Waals surface area contributed by atoms with Crippen molar-refractivity contribution in [1.82, 2.24) is 10.2 Å². The molecule has 2 N–H and O–H groups in total. The van der Waals surface area contributed by atoms with Crippen LogP contribution in [0.5, 0.6) is 0 Å². The van der Waals surface area contributed by atoms with Crippen LogP contribution in [0.2, 0.25) is 0 Å². The smallest absolute Gasteiger partial charge is 0.0490 e. The van der Waals surface area contributed by atoms with Gasteiger partial charge in [0.2, 0.25) is 0 Å². The summed E-state index contributed by atoms with van der Waals surface area (Å²) in [6, 6.07) is 1.92. The number of rotatable bonds is 3. The van der Waals surface area contributed by atoms with Crippen molar-refractivity contribution < 1.29 is 5.11 Å². The molecule has 0 aromatic carbocycles. The fraction of sp³-hybridized carbons (Fsp3) is 0.571. The lowest BCUT2D eigenvalue weighted by Gasteiger charge is -2.03. The normalized spacial score (nSPS) is 13.4. The van der Waals surface area contributed by atoms with Crippen LogP contribution in [-0.2, 0) is 6.42 Å². The van der Waals surface area contributed by atoms with Crippen LogP contribution in [0.1, 0.15) is 12.6 Å². The fourth-order valence-electron chi connectivity index (χ4n) is 0.838. The minimum absolute atomic E-state index is 0.235. The molecule has 1 heterocycles. The predicted octanol–water partition coefficient (Wildman–Crippen LogP) is 0.581. The molecule has 0 unspecified atom stereocenters. The van der Waals surface area contributed by atoms with Crippen molar-refractivity contribution in [2.24, 2.45) is 5.92 Å². The van der Waals surface area contributed by atoms with Gasteiger partial charge in [-0.05, 0) is 18.4 Å².